The molecule has 0 radical (unpaired) electrons. The zero-order valence-electron chi connectivity index (χ0n) is 8.22. The van der Waals surface area contributed by atoms with Crippen LogP contribution in [0.25, 0.3) is 0 Å². The minimum atomic E-state index is -2.28. The summed E-state index contributed by atoms with van der Waals surface area (Å²) in [5.74, 6) is 0. The van der Waals surface area contributed by atoms with Crippen LogP contribution in [0.5, 0.6) is 0 Å². The summed E-state index contributed by atoms with van der Waals surface area (Å²) in [7, 11) is 1.25. The molecule has 0 heterocycles. The Labute approximate surface area is 70.8 Å². The van der Waals surface area contributed by atoms with E-state index in [0.29, 0.717) is 0 Å². The highest BCUT2D eigenvalue weighted by molar-refractivity contribution is 7.33. The molecule has 0 aromatic carbocycles. The largest absolute Gasteiger partial charge is 0.468 e. The molecule has 0 bridgehead atoms. The van der Waals surface area contributed by atoms with Crippen LogP contribution in [-0.4, -0.2) is 37.2 Å². The van der Waals surface area contributed by atoms with Crippen molar-refractivity contribution in [3.05, 3.63) is 0 Å². The summed E-state index contributed by atoms with van der Waals surface area (Å²) in [5.41, 5.74) is 0. The van der Waals surface area contributed by atoms with Gasteiger partial charge in [0.15, 0.2) is 0 Å². The van der Waals surface area contributed by atoms with Gasteiger partial charge in [0.05, 0.1) is 0 Å². The minimum Gasteiger partial charge on any atom is -0.380 e. The molecule has 0 saturated carbocycles. The summed E-state index contributed by atoms with van der Waals surface area (Å²) in [6, 6.07) is 0. The Balaban J connectivity index is 4.54. The minimum absolute atomic E-state index is 1.46. The molecule has 0 fully saturated rings. The number of rotatable bonds is 4. The highest BCUT2D eigenvalue weighted by Gasteiger charge is 2.51. The van der Waals surface area contributed by atoms with Gasteiger partial charge in [-0.3, -0.25) is 0 Å². The van der Waals surface area contributed by atoms with Gasteiger partial charge in [-0.1, -0.05) is 19.6 Å². The number of hydrogen-bond donors (Lipinski definition) is 0. The van der Waals surface area contributed by atoms with Crippen molar-refractivity contribution in [2.45, 2.75) is 19.6 Å². The van der Waals surface area contributed by atoms with Gasteiger partial charge in [0, 0.05) is 21.3 Å². The quantitative estimate of drug-likeness (QED) is 0.631. The zero-order valence-corrected chi connectivity index (χ0v) is 10.2. The normalized spacial score (nSPS) is 13.6. The van der Waals surface area contributed by atoms with Crippen molar-refractivity contribution in [2.75, 3.05) is 21.3 Å². The third-order valence-electron chi connectivity index (χ3n) is 1.72. The molecule has 0 aromatic rings. The number of hydrogen-bond acceptors (Lipinski definition) is 3. The molecular formula is C6H18O3Si2. The molecule has 0 aliphatic carbocycles. The van der Waals surface area contributed by atoms with E-state index in [-0.39, 0.29) is 0 Å². The van der Waals surface area contributed by atoms with Gasteiger partial charge in [-0.2, -0.15) is 0 Å². The average molecular weight is 194 g/mol. The van der Waals surface area contributed by atoms with Crippen LogP contribution in [0.15, 0.2) is 0 Å². The van der Waals surface area contributed by atoms with E-state index in [2.05, 4.69) is 19.6 Å². The van der Waals surface area contributed by atoms with Crippen LogP contribution in [0.2, 0.25) is 19.6 Å². The molecule has 5 heteroatoms. The zero-order chi connectivity index (χ0) is 9.12. The van der Waals surface area contributed by atoms with Crippen LogP contribution in [0.1, 0.15) is 0 Å². The van der Waals surface area contributed by atoms with Crippen molar-refractivity contribution < 1.29 is 13.3 Å². The van der Waals surface area contributed by atoms with E-state index in [1.54, 1.807) is 21.3 Å². The molecule has 0 aromatic heterocycles. The van der Waals surface area contributed by atoms with Gasteiger partial charge in [0.25, 0.3) is 0 Å². The summed E-state index contributed by atoms with van der Waals surface area (Å²) >= 11 is 0. The van der Waals surface area contributed by atoms with Crippen LogP contribution < -0.4 is 0 Å². The Morgan fingerprint density at radius 3 is 1.00 bits per heavy atom. The fourth-order valence-corrected chi connectivity index (χ4v) is 9.02. The third-order valence-corrected chi connectivity index (χ3v) is 12.5. The van der Waals surface area contributed by atoms with Crippen LogP contribution in [0.3, 0.4) is 0 Å². The molecule has 0 spiro atoms. The second-order valence-electron chi connectivity index (χ2n) is 3.42. The maximum atomic E-state index is 5.36. The van der Waals surface area contributed by atoms with Gasteiger partial charge in [0.2, 0.25) is 0 Å². The highest BCUT2D eigenvalue weighted by Crippen LogP contribution is 2.20. The maximum Gasteiger partial charge on any atom is 0.468 e. The Bertz CT molecular complexity index is 109. The van der Waals surface area contributed by atoms with E-state index in [0.717, 1.165) is 0 Å². The van der Waals surface area contributed by atoms with E-state index >= 15 is 0 Å². The summed E-state index contributed by atoms with van der Waals surface area (Å²) < 4.78 is 16.1. The summed E-state index contributed by atoms with van der Waals surface area (Å²) in [6.45, 7) is 6.57. The second kappa shape index (κ2) is 3.82. The standard InChI is InChI=1S/C6H18O3Si2/c1-7-11(8-2,9-3)10(4,5)6/h1-6H3. The molecule has 0 saturated heterocycles. The molecule has 3 nitrogen and oxygen atoms in total. The fraction of sp³-hybridized carbons (Fsp3) is 1.00. The first kappa shape index (κ1) is 11.3. The molecule has 0 aliphatic heterocycles. The average Bonchev–Trinajstić information content (AvgIpc) is 1.90. The SMILES string of the molecule is CO[Si](OC)(OC)[Si](C)(C)C. The van der Waals surface area contributed by atoms with Crippen molar-refractivity contribution in [2.24, 2.45) is 0 Å². The van der Waals surface area contributed by atoms with Gasteiger partial charge in [0.1, 0.15) is 7.59 Å². The third kappa shape index (κ3) is 2.13. The van der Waals surface area contributed by atoms with E-state index in [1.807, 2.05) is 0 Å². The molecule has 11 heavy (non-hydrogen) atoms. The van der Waals surface area contributed by atoms with Gasteiger partial charge in [-0.15, -0.1) is 0 Å². The second-order valence-corrected chi connectivity index (χ2v) is 16.6. The predicted octanol–water partition coefficient (Wildman–Crippen LogP) is 1.28. The van der Waals surface area contributed by atoms with Gasteiger partial charge in [-0.05, 0) is 0 Å². The van der Waals surface area contributed by atoms with E-state index in [1.165, 1.54) is 0 Å². The van der Waals surface area contributed by atoms with Crippen molar-refractivity contribution in [3.63, 3.8) is 0 Å². The van der Waals surface area contributed by atoms with Crippen LogP contribution in [0, 0.1) is 0 Å². The molecule has 0 amide bonds. The highest BCUT2D eigenvalue weighted by atomic mass is 29.3. The van der Waals surface area contributed by atoms with Crippen LogP contribution in [0.4, 0.5) is 0 Å². The van der Waals surface area contributed by atoms with Crippen molar-refractivity contribution >= 4 is 15.9 Å². The lowest BCUT2D eigenvalue weighted by Gasteiger charge is -2.34. The lowest BCUT2D eigenvalue weighted by molar-refractivity contribution is 0.145. The summed E-state index contributed by atoms with van der Waals surface area (Å²) in [4.78, 5) is 0. The van der Waals surface area contributed by atoms with Crippen molar-refractivity contribution in [1.29, 1.82) is 0 Å². The van der Waals surface area contributed by atoms with E-state index in [4.69, 9.17) is 13.3 Å². The Hall–Kier alpha value is 0.314. The molecule has 68 valence electrons. The Morgan fingerprint density at radius 2 is 1.00 bits per heavy atom. The molecule has 0 N–H and O–H groups in total. The first-order chi connectivity index (χ1) is 4.93. The smallest absolute Gasteiger partial charge is 0.380 e. The lowest BCUT2D eigenvalue weighted by atomic mass is 11.8. The van der Waals surface area contributed by atoms with Crippen LogP contribution >= 0.6 is 0 Å². The monoisotopic (exact) mass is 194 g/mol. The molecule has 0 atom stereocenters. The van der Waals surface area contributed by atoms with E-state index < -0.39 is 15.9 Å². The summed E-state index contributed by atoms with van der Waals surface area (Å²) in [6.07, 6.45) is 0. The van der Waals surface area contributed by atoms with Crippen molar-refractivity contribution in [1.82, 2.24) is 0 Å². The lowest BCUT2D eigenvalue weighted by Crippen LogP contribution is -2.62. The predicted molar refractivity (Wildman–Crippen MR) is 50.1 cm³/mol. The fourth-order valence-electron chi connectivity index (χ4n) is 1.17. The molecule has 0 aliphatic rings. The molecule has 0 unspecified atom stereocenters. The first-order valence-corrected chi connectivity index (χ1v) is 9.81. The molecular weight excluding hydrogens is 176 g/mol. The van der Waals surface area contributed by atoms with Gasteiger partial charge in [-0.25, -0.2) is 0 Å². The molecule has 0 rings (SSSR count). The summed E-state index contributed by atoms with van der Waals surface area (Å²) in [5, 5.41) is 0. The van der Waals surface area contributed by atoms with Crippen LogP contribution in [-0.2, 0) is 13.3 Å². The Morgan fingerprint density at radius 1 is 0.727 bits per heavy atom. The Kier molecular flexibility index (Phi) is 3.92. The van der Waals surface area contributed by atoms with Crippen molar-refractivity contribution in [3.8, 4) is 0 Å². The first-order valence-electron chi connectivity index (χ1n) is 3.59. The van der Waals surface area contributed by atoms with Gasteiger partial charge >= 0.3 is 8.32 Å². The topological polar surface area (TPSA) is 27.7 Å². The van der Waals surface area contributed by atoms with E-state index in [9.17, 15) is 0 Å². The maximum absolute atomic E-state index is 5.36. The van der Waals surface area contributed by atoms with Gasteiger partial charge < -0.3 is 13.3 Å².